The molecule has 0 saturated heterocycles. The van der Waals surface area contributed by atoms with Crippen LogP contribution in [0.3, 0.4) is 0 Å². The topological polar surface area (TPSA) is 4.93 Å². The normalized spacial score (nSPS) is 10.8. The van der Waals surface area contributed by atoms with Crippen molar-refractivity contribution in [2.45, 2.75) is 13.8 Å². The lowest BCUT2D eigenvalue weighted by Crippen LogP contribution is -1.99. The average molecular weight is 373 g/mol. The van der Waals surface area contributed by atoms with Crippen molar-refractivity contribution in [3.8, 4) is 16.9 Å². The number of nitrogens with zero attached hydrogens (tertiary/aromatic N) is 1. The minimum atomic E-state index is 1.23. The van der Waals surface area contributed by atoms with Gasteiger partial charge in [-0.2, -0.15) is 0 Å². The summed E-state index contributed by atoms with van der Waals surface area (Å²) in [4.78, 5) is 0. The molecule has 0 unspecified atom stereocenters. The Hall–Kier alpha value is -1.55. The lowest BCUT2D eigenvalue weighted by atomic mass is 10.1. The van der Waals surface area contributed by atoms with Crippen LogP contribution in [0, 0.1) is 17.4 Å². The van der Waals surface area contributed by atoms with Crippen LogP contribution in [0.15, 0.2) is 60.7 Å². The number of aromatic nitrogens is 1. The fourth-order valence-electron chi connectivity index (χ4n) is 2.48. The van der Waals surface area contributed by atoms with Gasteiger partial charge in [-0.1, -0.05) is 30.3 Å². The predicted molar refractivity (Wildman–Crippen MR) is 93.4 cm³/mol. The molecule has 0 aliphatic rings. The maximum atomic E-state index is 2.38. The van der Waals surface area contributed by atoms with E-state index in [0.29, 0.717) is 0 Å². The van der Waals surface area contributed by atoms with Crippen molar-refractivity contribution in [3.63, 3.8) is 0 Å². The van der Waals surface area contributed by atoms with E-state index in [0.717, 1.165) is 0 Å². The second kappa shape index (κ2) is 5.44. The van der Waals surface area contributed by atoms with Crippen molar-refractivity contribution >= 4 is 22.6 Å². The Morgan fingerprint density at radius 2 is 1.60 bits per heavy atom. The van der Waals surface area contributed by atoms with E-state index in [4.69, 9.17) is 0 Å². The zero-order chi connectivity index (χ0) is 14.1. The zero-order valence-electron chi connectivity index (χ0n) is 11.6. The fourth-order valence-corrected chi connectivity index (χ4v) is 2.82. The third kappa shape index (κ3) is 2.40. The number of halogens is 1. The first kappa shape index (κ1) is 13.4. The van der Waals surface area contributed by atoms with Gasteiger partial charge < -0.3 is 4.57 Å². The monoisotopic (exact) mass is 373 g/mol. The zero-order valence-corrected chi connectivity index (χ0v) is 13.8. The van der Waals surface area contributed by atoms with Gasteiger partial charge in [-0.15, -0.1) is 0 Å². The second-order valence-electron chi connectivity index (χ2n) is 4.99. The van der Waals surface area contributed by atoms with Crippen LogP contribution in [-0.2, 0) is 0 Å². The minimum Gasteiger partial charge on any atom is -0.314 e. The molecule has 3 aromatic rings. The quantitative estimate of drug-likeness (QED) is 0.533. The maximum Gasteiger partial charge on any atom is 0.0531 e. The summed E-state index contributed by atoms with van der Waals surface area (Å²) >= 11 is 2.38. The van der Waals surface area contributed by atoms with Gasteiger partial charge in [0.25, 0.3) is 0 Å². The van der Waals surface area contributed by atoms with Crippen LogP contribution in [0.5, 0.6) is 0 Å². The molecule has 0 N–H and O–H groups in total. The van der Waals surface area contributed by atoms with Crippen LogP contribution in [0.4, 0.5) is 0 Å². The Morgan fingerprint density at radius 3 is 2.30 bits per heavy atom. The van der Waals surface area contributed by atoms with Crippen LogP contribution < -0.4 is 0 Å². The van der Waals surface area contributed by atoms with E-state index >= 15 is 0 Å². The van der Waals surface area contributed by atoms with Gasteiger partial charge in [0.2, 0.25) is 0 Å². The highest BCUT2D eigenvalue weighted by Gasteiger charge is 2.09. The standard InChI is InChI=1S/C18H16IN/c1-13-12-16(9-10-17(13)19)20-14(2)8-11-18(20)15-6-4-3-5-7-15/h3-12H,1-2H3. The number of hydrogen-bond donors (Lipinski definition) is 0. The molecule has 100 valence electrons. The van der Waals surface area contributed by atoms with E-state index in [2.05, 4.69) is 102 Å². The molecule has 0 atom stereocenters. The van der Waals surface area contributed by atoms with Gasteiger partial charge in [0, 0.05) is 15.0 Å². The van der Waals surface area contributed by atoms with Crippen molar-refractivity contribution in [1.29, 1.82) is 0 Å². The third-order valence-corrected chi connectivity index (χ3v) is 4.76. The first-order valence-corrected chi connectivity index (χ1v) is 7.75. The van der Waals surface area contributed by atoms with Gasteiger partial charge in [0.05, 0.1) is 5.69 Å². The lowest BCUT2D eigenvalue weighted by molar-refractivity contribution is 1.02. The van der Waals surface area contributed by atoms with E-state index in [-0.39, 0.29) is 0 Å². The predicted octanol–water partition coefficient (Wildman–Crippen LogP) is 5.37. The van der Waals surface area contributed by atoms with Gasteiger partial charge in [-0.05, 0) is 77.9 Å². The van der Waals surface area contributed by atoms with Gasteiger partial charge in [0.15, 0.2) is 0 Å². The van der Waals surface area contributed by atoms with Crippen LogP contribution in [0.2, 0.25) is 0 Å². The first-order chi connectivity index (χ1) is 9.66. The summed E-state index contributed by atoms with van der Waals surface area (Å²) in [6.45, 7) is 4.31. The number of aryl methyl sites for hydroxylation is 2. The number of rotatable bonds is 2. The van der Waals surface area contributed by atoms with Gasteiger partial charge in [-0.25, -0.2) is 0 Å². The first-order valence-electron chi connectivity index (χ1n) is 6.67. The van der Waals surface area contributed by atoms with Crippen LogP contribution >= 0.6 is 22.6 Å². The molecule has 2 heteroatoms. The molecule has 1 nitrogen and oxygen atoms in total. The molecule has 1 aromatic heterocycles. The molecule has 0 spiro atoms. The highest BCUT2D eigenvalue weighted by Crippen LogP contribution is 2.27. The Kier molecular flexibility index (Phi) is 3.66. The SMILES string of the molecule is Cc1cc(-n2c(C)ccc2-c2ccccc2)ccc1I. The molecule has 0 radical (unpaired) electrons. The Morgan fingerprint density at radius 1 is 0.850 bits per heavy atom. The van der Waals surface area contributed by atoms with Crippen molar-refractivity contribution in [3.05, 3.63) is 75.5 Å². The van der Waals surface area contributed by atoms with Crippen molar-refractivity contribution in [2.24, 2.45) is 0 Å². The molecule has 0 amide bonds. The Labute approximate surface area is 133 Å². The van der Waals surface area contributed by atoms with E-state index in [9.17, 15) is 0 Å². The van der Waals surface area contributed by atoms with E-state index in [1.807, 2.05) is 0 Å². The molecule has 0 aliphatic heterocycles. The third-order valence-electron chi connectivity index (χ3n) is 3.55. The summed E-state index contributed by atoms with van der Waals surface area (Å²) in [6.07, 6.45) is 0. The van der Waals surface area contributed by atoms with Gasteiger partial charge >= 0.3 is 0 Å². The van der Waals surface area contributed by atoms with Gasteiger partial charge in [-0.3, -0.25) is 0 Å². The molecule has 3 rings (SSSR count). The average Bonchev–Trinajstić information content (AvgIpc) is 2.85. The highest BCUT2D eigenvalue weighted by molar-refractivity contribution is 14.1. The maximum absolute atomic E-state index is 2.38. The molecule has 0 aliphatic carbocycles. The van der Waals surface area contributed by atoms with Crippen molar-refractivity contribution in [1.82, 2.24) is 4.57 Å². The summed E-state index contributed by atoms with van der Waals surface area (Å²) in [5.41, 5.74) is 6.28. The smallest absolute Gasteiger partial charge is 0.0531 e. The molecule has 2 aromatic carbocycles. The summed E-state index contributed by atoms with van der Waals surface area (Å²) in [7, 11) is 0. The summed E-state index contributed by atoms with van der Waals surface area (Å²) in [6, 6.07) is 21.5. The van der Waals surface area contributed by atoms with Crippen LogP contribution in [-0.4, -0.2) is 4.57 Å². The summed E-state index contributed by atoms with van der Waals surface area (Å²) in [5.74, 6) is 0. The minimum absolute atomic E-state index is 1.23. The summed E-state index contributed by atoms with van der Waals surface area (Å²) in [5, 5.41) is 0. The van der Waals surface area contributed by atoms with Crippen LogP contribution in [0.1, 0.15) is 11.3 Å². The Bertz CT molecular complexity index is 741. The van der Waals surface area contributed by atoms with Crippen molar-refractivity contribution in [2.75, 3.05) is 0 Å². The van der Waals surface area contributed by atoms with E-state index in [1.165, 1.54) is 31.8 Å². The number of benzene rings is 2. The van der Waals surface area contributed by atoms with E-state index in [1.54, 1.807) is 0 Å². The molecule has 0 saturated carbocycles. The van der Waals surface area contributed by atoms with Gasteiger partial charge in [0.1, 0.15) is 0 Å². The highest BCUT2D eigenvalue weighted by atomic mass is 127. The molecular formula is C18H16IN. The van der Waals surface area contributed by atoms with Crippen molar-refractivity contribution < 1.29 is 0 Å². The lowest BCUT2D eigenvalue weighted by Gasteiger charge is -2.13. The molecule has 0 fully saturated rings. The molecule has 1 heterocycles. The summed E-state index contributed by atoms with van der Waals surface area (Å²) < 4.78 is 3.62. The number of hydrogen-bond acceptors (Lipinski definition) is 0. The van der Waals surface area contributed by atoms with Crippen LogP contribution in [0.25, 0.3) is 16.9 Å². The fraction of sp³-hybridized carbons (Fsp3) is 0.111. The molecule has 20 heavy (non-hydrogen) atoms. The Balaban J connectivity index is 2.19. The molecular weight excluding hydrogens is 357 g/mol. The largest absolute Gasteiger partial charge is 0.314 e. The second-order valence-corrected chi connectivity index (χ2v) is 6.16. The molecule has 0 bridgehead atoms. The van der Waals surface area contributed by atoms with E-state index < -0.39 is 0 Å².